The van der Waals surface area contributed by atoms with Crippen LogP contribution < -0.4 is 5.73 Å². The summed E-state index contributed by atoms with van der Waals surface area (Å²) >= 11 is 0. The lowest BCUT2D eigenvalue weighted by Crippen LogP contribution is -2.51. The summed E-state index contributed by atoms with van der Waals surface area (Å²) in [6.45, 7) is 2.81. The summed E-state index contributed by atoms with van der Waals surface area (Å²) in [5.74, 6) is -0.234. The lowest BCUT2D eigenvalue weighted by molar-refractivity contribution is -0.0319. The van der Waals surface area contributed by atoms with Gasteiger partial charge in [-0.2, -0.15) is 0 Å². The van der Waals surface area contributed by atoms with Gasteiger partial charge in [0.2, 0.25) is 0 Å². The van der Waals surface area contributed by atoms with E-state index < -0.39 is 6.17 Å². The fraction of sp³-hybridized carbons (Fsp3) is 0.667. The highest BCUT2D eigenvalue weighted by Crippen LogP contribution is 2.25. The number of likely N-dealkylation sites (tertiary alicyclic amines) is 1. The predicted molar refractivity (Wildman–Crippen MR) is 86.5 cm³/mol. The van der Waals surface area contributed by atoms with Crippen molar-refractivity contribution in [3.63, 3.8) is 0 Å². The Hall–Kier alpha value is -1.04. The van der Waals surface area contributed by atoms with Crippen LogP contribution in [0.5, 0.6) is 0 Å². The summed E-state index contributed by atoms with van der Waals surface area (Å²) in [5, 5.41) is 0. The van der Waals surface area contributed by atoms with Gasteiger partial charge in [0.25, 0.3) is 0 Å². The van der Waals surface area contributed by atoms with Gasteiger partial charge in [-0.15, -0.1) is 0 Å². The molecule has 2 N–H and O–H groups in total. The zero-order valence-corrected chi connectivity index (χ0v) is 13.5. The molecule has 4 atom stereocenters. The second kappa shape index (κ2) is 7.69. The molecule has 0 aliphatic carbocycles. The number of alkyl halides is 1. The average molecular weight is 324 g/mol. The molecule has 0 amide bonds. The van der Waals surface area contributed by atoms with Crippen molar-refractivity contribution in [1.29, 1.82) is 0 Å². The first-order valence-corrected chi connectivity index (χ1v) is 8.60. The molecule has 0 aromatic heterocycles. The van der Waals surface area contributed by atoms with Gasteiger partial charge in [-0.3, -0.25) is 4.90 Å². The van der Waals surface area contributed by atoms with E-state index in [1.807, 2.05) is 0 Å². The van der Waals surface area contributed by atoms with Crippen LogP contribution in [0.2, 0.25) is 0 Å². The molecule has 1 aromatic carbocycles. The second-order valence-corrected chi connectivity index (χ2v) is 6.87. The maximum Gasteiger partial charge on any atom is 0.123 e. The summed E-state index contributed by atoms with van der Waals surface area (Å²) in [6, 6.07) is 6.46. The van der Waals surface area contributed by atoms with E-state index in [0.29, 0.717) is 13.0 Å². The third kappa shape index (κ3) is 4.49. The molecule has 5 heteroatoms. The number of ether oxygens (including phenoxy) is 1. The zero-order valence-electron chi connectivity index (χ0n) is 13.5. The molecule has 2 saturated heterocycles. The summed E-state index contributed by atoms with van der Waals surface area (Å²) in [6.07, 6.45) is 2.68. The summed E-state index contributed by atoms with van der Waals surface area (Å²) in [4.78, 5) is 2.14. The molecule has 3 nitrogen and oxygen atoms in total. The van der Waals surface area contributed by atoms with Gasteiger partial charge < -0.3 is 10.5 Å². The van der Waals surface area contributed by atoms with Gasteiger partial charge in [0.15, 0.2) is 0 Å². The first kappa shape index (κ1) is 16.8. The highest BCUT2D eigenvalue weighted by molar-refractivity contribution is 5.17. The van der Waals surface area contributed by atoms with Crippen LogP contribution in [0.15, 0.2) is 24.3 Å². The van der Waals surface area contributed by atoms with Crippen LogP contribution in [0, 0.1) is 11.7 Å². The SMILES string of the molecule is N[C@@H]1CCCO[C@@H]1CN1CCC(Cc2ccc(F)cc2)C(F)C1. The Bertz CT molecular complexity index is 496. The summed E-state index contributed by atoms with van der Waals surface area (Å²) in [7, 11) is 0. The Morgan fingerprint density at radius 1 is 1.22 bits per heavy atom. The van der Waals surface area contributed by atoms with Gasteiger partial charge in [-0.05, 0) is 55.8 Å². The van der Waals surface area contributed by atoms with E-state index in [2.05, 4.69) is 4.90 Å². The van der Waals surface area contributed by atoms with Crippen LogP contribution >= 0.6 is 0 Å². The number of nitrogens with two attached hydrogens (primary N) is 1. The van der Waals surface area contributed by atoms with Crippen molar-refractivity contribution in [1.82, 2.24) is 4.90 Å². The van der Waals surface area contributed by atoms with Crippen LogP contribution in [0.25, 0.3) is 0 Å². The van der Waals surface area contributed by atoms with Gasteiger partial charge >= 0.3 is 0 Å². The minimum absolute atomic E-state index is 0.0117. The van der Waals surface area contributed by atoms with Crippen LogP contribution in [-0.4, -0.2) is 49.5 Å². The molecule has 128 valence electrons. The van der Waals surface area contributed by atoms with Crippen molar-refractivity contribution in [3.8, 4) is 0 Å². The first-order chi connectivity index (χ1) is 11.1. The monoisotopic (exact) mass is 324 g/mol. The smallest absolute Gasteiger partial charge is 0.123 e. The van der Waals surface area contributed by atoms with E-state index in [4.69, 9.17) is 10.5 Å². The van der Waals surface area contributed by atoms with Gasteiger partial charge in [-0.1, -0.05) is 12.1 Å². The molecule has 2 fully saturated rings. The van der Waals surface area contributed by atoms with Crippen molar-refractivity contribution in [3.05, 3.63) is 35.6 Å². The minimum Gasteiger partial charge on any atom is -0.375 e. The first-order valence-electron chi connectivity index (χ1n) is 8.60. The lowest BCUT2D eigenvalue weighted by atomic mass is 9.88. The largest absolute Gasteiger partial charge is 0.375 e. The van der Waals surface area contributed by atoms with Crippen molar-refractivity contribution in [2.75, 3.05) is 26.2 Å². The average Bonchev–Trinajstić information content (AvgIpc) is 2.54. The lowest BCUT2D eigenvalue weighted by Gasteiger charge is -2.38. The number of nitrogens with zero attached hydrogens (tertiary/aromatic N) is 1. The van der Waals surface area contributed by atoms with E-state index in [1.54, 1.807) is 12.1 Å². The molecule has 3 rings (SSSR count). The van der Waals surface area contributed by atoms with Crippen molar-refractivity contribution in [2.24, 2.45) is 11.7 Å². The third-order valence-electron chi connectivity index (χ3n) is 5.10. The van der Waals surface area contributed by atoms with Crippen molar-refractivity contribution >= 4 is 0 Å². The van der Waals surface area contributed by atoms with Gasteiger partial charge in [0.1, 0.15) is 12.0 Å². The highest BCUT2D eigenvalue weighted by atomic mass is 19.1. The second-order valence-electron chi connectivity index (χ2n) is 6.87. The topological polar surface area (TPSA) is 38.5 Å². The van der Waals surface area contributed by atoms with Crippen LogP contribution in [0.4, 0.5) is 8.78 Å². The molecule has 23 heavy (non-hydrogen) atoms. The van der Waals surface area contributed by atoms with Crippen molar-refractivity contribution < 1.29 is 13.5 Å². The molecule has 2 aliphatic heterocycles. The molecule has 1 aromatic rings. The molecule has 2 unspecified atom stereocenters. The molecule has 2 aliphatic rings. The predicted octanol–water partition coefficient (Wildman–Crippen LogP) is 2.53. The maximum absolute atomic E-state index is 14.5. The Morgan fingerprint density at radius 2 is 2.00 bits per heavy atom. The molecular formula is C18H26F2N2O. The molecule has 0 spiro atoms. The normalized spacial score (nSPS) is 32.8. The Balaban J connectivity index is 1.49. The van der Waals surface area contributed by atoms with E-state index in [-0.39, 0.29) is 23.9 Å². The Labute approximate surface area is 136 Å². The maximum atomic E-state index is 14.5. The number of hydrogen-bond donors (Lipinski definition) is 1. The number of hydrogen-bond acceptors (Lipinski definition) is 3. The van der Waals surface area contributed by atoms with E-state index >= 15 is 0 Å². The van der Waals surface area contributed by atoms with Gasteiger partial charge in [0.05, 0.1) is 6.10 Å². The van der Waals surface area contributed by atoms with Gasteiger partial charge in [-0.25, -0.2) is 8.78 Å². The quantitative estimate of drug-likeness (QED) is 0.925. The number of rotatable bonds is 4. The van der Waals surface area contributed by atoms with Gasteiger partial charge in [0, 0.05) is 25.7 Å². The molecule has 0 radical (unpaired) electrons. The number of halogens is 2. The van der Waals surface area contributed by atoms with Crippen LogP contribution in [-0.2, 0) is 11.2 Å². The molecule has 0 saturated carbocycles. The van der Waals surface area contributed by atoms with E-state index in [1.165, 1.54) is 12.1 Å². The summed E-state index contributed by atoms with van der Waals surface area (Å²) < 4.78 is 33.2. The fourth-order valence-corrected chi connectivity index (χ4v) is 3.64. The highest BCUT2D eigenvalue weighted by Gasteiger charge is 2.32. The molecule has 0 bridgehead atoms. The summed E-state index contributed by atoms with van der Waals surface area (Å²) in [5.41, 5.74) is 7.10. The number of piperidine rings is 1. The molecule has 2 heterocycles. The number of benzene rings is 1. The fourth-order valence-electron chi connectivity index (χ4n) is 3.64. The zero-order chi connectivity index (χ0) is 16.2. The standard InChI is InChI=1S/C18H26F2N2O/c19-15-5-3-13(4-6-15)10-14-7-8-22(11-16(14)20)12-18-17(21)2-1-9-23-18/h3-6,14,16-18H,1-2,7-12,21H2/t14?,16?,17-,18-/m1/s1. The van der Waals surface area contributed by atoms with Crippen molar-refractivity contribution in [2.45, 2.75) is 44.0 Å². The third-order valence-corrected chi connectivity index (χ3v) is 5.10. The van der Waals surface area contributed by atoms with Crippen LogP contribution in [0.3, 0.4) is 0 Å². The Kier molecular flexibility index (Phi) is 5.62. The molecular weight excluding hydrogens is 298 g/mol. The van der Waals surface area contributed by atoms with E-state index in [0.717, 1.165) is 44.5 Å². The minimum atomic E-state index is -0.853. The Morgan fingerprint density at radius 3 is 2.70 bits per heavy atom. The van der Waals surface area contributed by atoms with Crippen LogP contribution in [0.1, 0.15) is 24.8 Å². The van der Waals surface area contributed by atoms with E-state index in [9.17, 15) is 8.78 Å².